The van der Waals surface area contributed by atoms with Crippen LogP contribution in [0.5, 0.6) is 0 Å². The summed E-state index contributed by atoms with van der Waals surface area (Å²) in [5.41, 5.74) is 0. The highest BCUT2D eigenvalue weighted by atomic mass is 16.3. The molecule has 0 aromatic rings. The first-order valence-electron chi connectivity index (χ1n) is 6.24. The van der Waals surface area contributed by atoms with Gasteiger partial charge in [0.2, 0.25) is 11.8 Å². The molecule has 1 aliphatic rings. The molecule has 6 nitrogen and oxygen atoms in total. The van der Waals surface area contributed by atoms with E-state index < -0.39 is 0 Å². The molecule has 2 unspecified atom stereocenters. The predicted octanol–water partition coefficient (Wildman–Crippen LogP) is -0.459. The zero-order valence-electron chi connectivity index (χ0n) is 10.3. The Morgan fingerprint density at radius 2 is 1.72 bits per heavy atom. The van der Waals surface area contributed by atoms with Gasteiger partial charge in [-0.15, -0.1) is 0 Å². The van der Waals surface area contributed by atoms with Gasteiger partial charge >= 0.3 is 0 Å². The van der Waals surface area contributed by atoms with Crippen molar-refractivity contribution in [1.82, 2.24) is 10.6 Å². The van der Waals surface area contributed by atoms with Crippen LogP contribution in [0, 0.1) is 23.2 Å². The second kappa shape index (κ2) is 7.67. The van der Waals surface area contributed by atoms with E-state index in [0.29, 0.717) is 12.8 Å². The van der Waals surface area contributed by atoms with Crippen LogP contribution in [0.25, 0.3) is 0 Å². The number of nitrogens with one attached hydrogen (secondary N) is 2. The minimum absolute atomic E-state index is 0.0275. The van der Waals surface area contributed by atoms with Gasteiger partial charge in [-0.1, -0.05) is 12.8 Å². The third kappa shape index (κ3) is 4.00. The Kier molecular flexibility index (Phi) is 6.15. The van der Waals surface area contributed by atoms with Crippen LogP contribution in [0.2, 0.25) is 0 Å². The molecule has 0 bridgehead atoms. The summed E-state index contributed by atoms with van der Waals surface area (Å²) >= 11 is 0. The van der Waals surface area contributed by atoms with E-state index in [9.17, 15) is 9.59 Å². The van der Waals surface area contributed by atoms with Crippen molar-refractivity contribution in [1.29, 1.82) is 5.26 Å². The summed E-state index contributed by atoms with van der Waals surface area (Å²) in [6.07, 6.45) is 3.21. The van der Waals surface area contributed by atoms with E-state index in [1.807, 2.05) is 6.07 Å². The minimum Gasteiger partial charge on any atom is -0.395 e. The Bertz CT molecular complexity index is 338. The minimum atomic E-state index is -0.356. The van der Waals surface area contributed by atoms with Crippen LogP contribution in [-0.2, 0) is 9.59 Å². The summed E-state index contributed by atoms with van der Waals surface area (Å²) in [7, 11) is 0. The van der Waals surface area contributed by atoms with Crippen LogP contribution in [0.15, 0.2) is 0 Å². The molecule has 6 heteroatoms. The van der Waals surface area contributed by atoms with Gasteiger partial charge in [-0.2, -0.15) is 5.26 Å². The Morgan fingerprint density at radius 3 is 2.22 bits per heavy atom. The molecule has 0 heterocycles. The maximum Gasteiger partial charge on any atom is 0.224 e. The summed E-state index contributed by atoms with van der Waals surface area (Å²) in [5, 5.41) is 22.2. The third-order valence-electron chi connectivity index (χ3n) is 3.19. The van der Waals surface area contributed by atoms with Crippen molar-refractivity contribution in [2.75, 3.05) is 19.7 Å². The van der Waals surface area contributed by atoms with Gasteiger partial charge in [0, 0.05) is 18.4 Å². The predicted molar refractivity (Wildman–Crippen MR) is 64.2 cm³/mol. The van der Waals surface area contributed by atoms with E-state index in [-0.39, 0.29) is 43.3 Å². The summed E-state index contributed by atoms with van der Waals surface area (Å²) in [6.45, 7) is 0.0753. The molecule has 1 fully saturated rings. The number of aliphatic hydroxyl groups excluding tert-OH is 1. The van der Waals surface area contributed by atoms with Crippen LogP contribution in [0.4, 0.5) is 0 Å². The molecular formula is C12H19N3O3. The first kappa shape index (κ1) is 14.5. The number of rotatable bonds is 5. The van der Waals surface area contributed by atoms with Crippen molar-refractivity contribution >= 4 is 11.8 Å². The lowest BCUT2D eigenvalue weighted by atomic mass is 9.78. The van der Waals surface area contributed by atoms with Crippen molar-refractivity contribution < 1.29 is 14.7 Å². The molecule has 2 atom stereocenters. The summed E-state index contributed by atoms with van der Waals surface area (Å²) in [5.74, 6) is -1.10. The second-order valence-corrected chi connectivity index (χ2v) is 4.39. The normalized spacial score (nSPS) is 22.9. The summed E-state index contributed by atoms with van der Waals surface area (Å²) in [6, 6.07) is 1.85. The van der Waals surface area contributed by atoms with Gasteiger partial charge < -0.3 is 15.7 Å². The number of nitrogens with zero attached hydrogens (tertiary/aromatic N) is 1. The number of hydrogen-bond donors (Lipinski definition) is 3. The Hall–Kier alpha value is -1.61. The molecule has 1 saturated carbocycles. The Balaban J connectivity index is 2.59. The molecule has 2 amide bonds. The van der Waals surface area contributed by atoms with Gasteiger partial charge in [-0.05, 0) is 12.8 Å². The fourth-order valence-corrected chi connectivity index (χ4v) is 2.33. The number of nitriles is 1. The molecule has 0 aromatic carbocycles. The molecule has 18 heavy (non-hydrogen) atoms. The van der Waals surface area contributed by atoms with Crippen LogP contribution >= 0.6 is 0 Å². The number of hydrogen-bond acceptors (Lipinski definition) is 4. The van der Waals surface area contributed by atoms with E-state index in [1.54, 1.807) is 0 Å². The monoisotopic (exact) mass is 253 g/mol. The fraction of sp³-hybridized carbons (Fsp3) is 0.750. The topological polar surface area (TPSA) is 102 Å². The molecule has 0 saturated heterocycles. The molecule has 1 rings (SSSR count). The SMILES string of the molecule is N#CCNC(=O)C1CCCCC1C(=O)NCCO. The average molecular weight is 253 g/mol. The Morgan fingerprint density at radius 1 is 1.17 bits per heavy atom. The third-order valence-corrected chi connectivity index (χ3v) is 3.19. The lowest BCUT2D eigenvalue weighted by molar-refractivity contribution is -0.136. The van der Waals surface area contributed by atoms with E-state index in [4.69, 9.17) is 10.4 Å². The van der Waals surface area contributed by atoms with Crippen LogP contribution in [0.1, 0.15) is 25.7 Å². The molecule has 3 N–H and O–H groups in total. The maximum absolute atomic E-state index is 11.9. The Labute approximate surface area is 106 Å². The van der Waals surface area contributed by atoms with E-state index in [1.165, 1.54) is 0 Å². The van der Waals surface area contributed by atoms with Gasteiger partial charge in [-0.3, -0.25) is 9.59 Å². The van der Waals surface area contributed by atoms with Crippen LogP contribution < -0.4 is 10.6 Å². The standard InChI is InChI=1S/C12H19N3O3/c13-5-6-14-11(17)9-3-1-2-4-10(9)12(18)15-7-8-16/h9-10,16H,1-4,6-8H2,(H,14,17)(H,15,18). The van der Waals surface area contributed by atoms with Crippen molar-refractivity contribution in [3.8, 4) is 6.07 Å². The highest BCUT2D eigenvalue weighted by Crippen LogP contribution is 2.30. The average Bonchev–Trinajstić information content (AvgIpc) is 2.42. The molecule has 100 valence electrons. The number of carbonyl (C=O) groups is 2. The van der Waals surface area contributed by atoms with E-state index in [2.05, 4.69) is 10.6 Å². The molecule has 0 spiro atoms. The van der Waals surface area contributed by atoms with E-state index >= 15 is 0 Å². The second-order valence-electron chi connectivity index (χ2n) is 4.39. The van der Waals surface area contributed by atoms with Gasteiger partial charge in [0.25, 0.3) is 0 Å². The van der Waals surface area contributed by atoms with Gasteiger partial charge in [-0.25, -0.2) is 0 Å². The van der Waals surface area contributed by atoms with Crippen molar-refractivity contribution in [3.05, 3.63) is 0 Å². The van der Waals surface area contributed by atoms with E-state index in [0.717, 1.165) is 12.8 Å². The zero-order chi connectivity index (χ0) is 13.4. The molecule has 0 radical (unpaired) electrons. The highest BCUT2D eigenvalue weighted by Gasteiger charge is 2.35. The molecule has 0 aliphatic heterocycles. The molecular weight excluding hydrogens is 234 g/mol. The summed E-state index contributed by atoms with van der Waals surface area (Å²) in [4.78, 5) is 23.7. The number of carbonyl (C=O) groups excluding carboxylic acids is 2. The number of aliphatic hydroxyl groups is 1. The van der Waals surface area contributed by atoms with Crippen LogP contribution in [0.3, 0.4) is 0 Å². The highest BCUT2D eigenvalue weighted by molar-refractivity contribution is 5.87. The first-order valence-corrected chi connectivity index (χ1v) is 6.24. The first-order chi connectivity index (χ1) is 8.70. The van der Waals surface area contributed by atoms with Gasteiger partial charge in [0.1, 0.15) is 6.54 Å². The summed E-state index contributed by atoms with van der Waals surface area (Å²) < 4.78 is 0. The molecule has 1 aliphatic carbocycles. The largest absolute Gasteiger partial charge is 0.395 e. The van der Waals surface area contributed by atoms with Crippen LogP contribution in [-0.4, -0.2) is 36.6 Å². The maximum atomic E-state index is 11.9. The fourth-order valence-electron chi connectivity index (χ4n) is 2.33. The van der Waals surface area contributed by atoms with Gasteiger partial charge in [0.15, 0.2) is 0 Å². The lowest BCUT2D eigenvalue weighted by Crippen LogP contribution is -2.44. The van der Waals surface area contributed by atoms with Crippen molar-refractivity contribution in [3.63, 3.8) is 0 Å². The number of amides is 2. The zero-order valence-corrected chi connectivity index (χ0v) is 10.3. The molecule has 0 aromatic heterocycles. The van der Waals surface area contributed by atoms with Crippen molar-refractivity contribution in [2.45, 2.75) is 25.7 Å². The lowest BCUT2D eigenvalue weighted by Gasteiger charge is -2.29. The smallest absolute Gasteiger partial charge is 0.224 e. The van der Waals surface area contributed by atoms with Gasteiger partial charge in [0.05, 0.1) is 12.7 Å². The quantitative estimate of drug-likeness (QED) is 0.577. The van der Waals surface area contributed by atoms with Crippen molar-refractivity contribution in [2.24, 2.45) is 11.8 Å².